The van der Waals surface area contributed by atoms with Gasteiger partial charge in [-0.3, -0.25) is 4.79 Å². The molecule has 0 aromatic heterocycles. The highest BCUT2D eigenvalue weighted by atomic mass is 16.3. The molecule has 0 saturated carbocycles. The van der Waals surface area contributed by atoms with Crippen molar-refractivity contribution in [3.8, 4) is 0 Å². The Morgan fingerprint density at radius 3 is 2.42 bits per heavy atom. The van der Waals surface area contributed by atoms with Crippen LogP contribution in [0.25, 0.3) is 0 Å². The van der Waals surface area contributed by atoms with Crippen molar-refractivity contribution >= 4 is 5.91 Å². The lowest BCUT2D eigenvalue weighted by Gasteiger charge is -2.14. The average molecular weight is 450 g/mol. The fourth-order valence-electron chi connectivity index (χ4n) is 2.92. The molecule has 0 spiro atoms. The minimum atomic E-state index is -1.01. The van der Waals surface area contributed by atoms with Crippen molar-refractivity contribution in [2.75, 3.05) is 0 Å². The third-order valence-electron chi connectivity index (χ3n) is 4.80. The number of rotatable bonds is 5. The van der Waals surface area contributed by atoms with Crippen molar-refractivity contribution in [1.29, 1.82) is 0 Å². The predicted molar refractivity (Wildman–Crippen MR) is 140 cm³/mol. The number of unbranched alkanes of at least 4 members (excludes halogenated alkanes) is 1. The summed E-state index contributed by atoms with van der Waals surface area (Å²) in [5, 5.41) is 23.2. The molecular weight excluding hydrogens is 410 g/mol. The third-order valence-corrected chi connectivity index (χ3v) is 4.80. The van der Waals surface area contributed by atoms with Gasteiger partial charge in [-0.05, 0) is 33.1 Å². The summed E-state index contributed by atoms with van der Waals surface area (Å²) in [7, 11) is 0. The molecule has 4 nitrogen and oxygen atoms in total. The first-order chi connectivity index (χ1) is 15.9. The molecule has 3 atom stereocenters. The Kier molecular flexibility index (Phi) is 15.0. The summed E-state index contributed by atoms with van der Waals surface area (Å²) in [5.41, 5.74) is 1.83. The molecule has 33 heavy (non-hydrogen) atoms. The predicted octanol–water partition coefficient (Wildman–Crippen LogP) is 5.57. The fraction of sp³-hybridized carbons (Fsp3) is 0.345. The number of allylic oxidation sites excluding steroid dienone is 13. The van der Waals surface area contributed by atoms with Crippen molar-refractivity contribution in [3.05, 3.63) is 108 Å². The summed E-state index contributed by atoms with van der Waals surface area (Å²) in [4.78, 5) is 12.4. The molecule has 0 unspecified atom stereocenters. The lowest BCUT2D eigenvalue weighted by Crippen LogP contribution is -2.32. The zero-order valence-corrected chi connectivity index (χ0v) is 20.1. The number of aliphatic hydroxyl groups is 2. The Hall–Kier alpha value is -2.95. The van der Waals surface area contributed by atoms with Crippen LogP contribution in [-0.4, -0.2) is 34.4 Å². The molecule has 1 heterocycles. The van der Waals surface area contributed by atoms with Gasteiger partial charge in [-0.25, -0.2) is 0 Å². The molecule has 1 amide bonds. The van der Waals surface area contributed by atoms with E-state index >= 15 is 0 Å². The van der Waals surface area contributed by atoms with E-state index in [1.54, 1.807) is 36.5 Å². The van der Waals surface area contributed by atoms with Gasteiger partial charge in [-0.15, -0.1) is 0 Å². The molecule has 1 rings (SSSR count). The van der Waals surface area contributed by atoms with Gasteiger partial charge in [0.25, 0.3) is 0 Å². The van der Waals surface area contributed by atoms with Gasteiger partial charge in [0.2, 0.25) is 5.91 Å². The van der Waals surface area contributed by atoms with Crippen LogP contribution in [0.1, 0.15) is 46.5 Å². The van der Waals surface area contributed by atoms with E-state index in [9.17, 15) is 15.0 Å². The van der Waals surface area contributed by atoms with Gasteiger partial charge in [0.1, 0.15) is 12.2 Å². The molecule has 1 aliphatic rings. The van der Waals surface area contributed by atoms with Crippen molar-refractivity contribution in [2.24, 2.45) is 0 Å². The van der Waals surface area contributed by atoms with Gasteiger partial charge in [-0.2, -0.15) is 0 Å². The Morgan fingerprint density at radius 1 is 0.939 bits per heavy atom. The molecule has 0 saturated heterocycles. The summed E-state index contributed by atoms with van der Waals surface area (Å²) in [5.74, 6) is -0.153. The van der Waals surface area contributed by atoms with Gasteiger partial charge >= 0.3 is 0 Å². The molecule has 4 heteroatoms. The molecule has 0 aromatic carbocycles. The SMILES string of the molecule is CCC/C=C/C=C/C[C@@H]1C\C=C/C=C(C)\C=C/C=C\[C@@H](O)[C@@H](O)\C=C(C)/C=C\C=C/C(=O)N1. The van der Waals surface area contributed by atoms with Crippen LogP contribution in [0.2, 0.25) is 0 Å². The number of nitrogens with one attached hydrogen (secondary N) is 1. The van der Waals surface area contributed by atoms with Gasteiger partial charge in [-0.1, -0.05) is 116 Å². The molecule has 0 bridgehead atoms. The van der Waals surface area contributed by atoms with Crippen LogP contribution in [0.3, 0.4) is 0 Å². The molecule has 0 radical (unpaired) electrons. The zero-order valence-electron chi connectivity index (χ0n) is 20.1. The number of carbonyl (C=O) groups is 1. The maximum absolute atomic E-state index is 12.4. The van der Waals surface area contributed by atoms with E-state index in [2.05, 4.69) is 36.5 Å². The second kappa shape index (κ2) is 17.6. The standard InChI is InChI=1S/C29H39NO3/c1-4-5-6-7-8-9-19-26-20-13-10-16-24(2)17-11-14-21-27(31)28(32)23-25(3)18-12-15-22-29(33)30-26/h6-18,21-23,26-28,31-32H,4-5,19-20H2,1-3H3,(H,30,33)/b7-6+,9-8+,13-10-,17-11-,18-12-,21-14-,22-15-,24-16-,25-23-/t26-,27-,28+/m1/s1. The second-order valence-electron chi connectivity index (χ2n) is 8.01. The molecule has 178 valence electrons. The van der Waals surface area contributed by atoms with E-state index in [1.165, 1.54) is 6.08 Å². The lowest BCUT2D eigenvalue weighted by molar-refractivity contribution is -0.117. The highest BCUT2D eigenvalue weighted by Crippen LogP contribution is 2.06. The smallest absolute Gasteiger partial charge is 0.244 e. The fourth-order valence-corrected chi connectivity index (χ4v) is 2.92. The molecule has 0 aromatic rings. The number of hydrogen-bond donors (Lipinski definition) is 3. The zero-order chi connectivity index (χ0) is 24.3. The first kappa shape index (κ1) is 28.1. The van der Waals surface area contributed by atoms with Gasteiger partial charge < -0.3 is 15.5 Å². The highest BCUT2D eigenvalue weighted by Gasteiger charge is 2.09. The molecule has 1 aliphatic heterocycles. The Bertz CT molecular complexity index is 850. The van der Waals surface area contributed by atoms with Crippen molar-refractivity contribution in [1.82, 2.24) is 5.32 Å². The normalized spacial score (nSPS) is 31.7. The van der Waals surface area contributed by atoms with E-state index in [1.807, 2.05) is 44.2 Å². The van der Waals surface area contributed by atoms with Crippen molar-refractivity contribution in [3.63, 3.8) is 0 Å². The van der Waals surface area contributed by atoms with Crippen molar-refractivity contribution in [2.45, 2.75) is 64.7 Å². The van der Waals surface area contributed by atoms with Crippen LogP contribution in [0.4, 0.5) is 0 Å². The molecule has 0 aliphatic carbocycles. The monoisotopic (exact) mass is 449 g/mol. The van der Waals surface area contributed by atoms with Crippen LogP contribution in [0.5, 0.6) is 0 Å². The van der Waals surface area contributed by atoms with Crippen LogP contribution >= 0.6 is 0 Å². The third kappa shape index (κ3) is 14.7. The van der Waals surface area contributed by atoms with Crippen LogP contribution in [0, 0.1) is 0 Å². The van der Waals surface area contributed by atoms with Crippen molar-refractivity contribution < 1.29 is 15.0 Å². The summed E-state index contributed by atoms with van der Waals surface area (Å²) in [6.07, 6.45) is 31.3. The number of aliphatic hydroxyl groups excluding tert-OH is 2. The first-order valence-corrected chi connectivity index (χ1v) is 11.6. The molecular formula is C29H39NO3. The van der Waals surface area contributed by atoms with E-state index in [-0.39, 0.29) is 11.9 Å². The Labute approximate surface area is 199 Å². The van der Waals surface area contributed by atoms with Gasteiger partial charge in [0, 0.05) is 12.1 Å². The number of carbonyl (C=O) groups excluding carboxylic acids is 1. The molecule has 0 fully saturated rings. The number of hydrogen-bond acceptors (Lipinski definition) is 3. The maximum atomic E-state index is 12.4. The van der Waals surface area contributed by atoms with E-state index in [0.717, 1.165) is 36.8 Å². The summed E-state index contributed by atoms with van der Waals surface area (Å²) < 4.78 is 0. The number of amides is 1. The Morgan fingerprint density at radius 2 is 1.64 bits per heavy atom. The first-order valence-electron chi connectivity index (χ1n) is 11.6. The minimum absolute atomic E-state index is 0.00533. The van der Waals surface area contributed by atoms with E-state index < -0.39 is 12.2 Å². The van der Waals surface area contributed by atoms with Gasteiger partial charge in [0.05, 0.1) is 0 Å². The maximum Gasteiger partial charge on any atom is 0.244 e. The summed E-state index contributed by atoms with van der Waals surface area (Å²) in [6, 6.07) is -0.00533. The summed E-state index contributed by atoms with van der Waals surface area (Å²) in [6.45, 7) is 5.96. The average Bonchev–Trinajstić information content (AvgIpc) is 2.78. The largest absolute Gasteiger partial charge is 0.386 e. The Balaban J connectivity index is 2.99. The second-order valence-corrected chi connectivity index (χ2v) is 8.01. The van der Waals surface area contributed by atoms with Crippen LogP contribution < -0.4 is 5.32 Å². The van der Waals surface area contributed by atoms with Crippen LogP contribution in [-0.2, 0) is 4.79 Å². The lowest BCUT2D eigenvalue weighted by atomic mass is 10.1. The van der Waals surface area contributed by atoms with E-state index in [0.29, 0.717) is 0 Å². The minimum Gasteiger partial charge on any atom is -0.386 e. The van der Waals surface area contributed by atoms with Crippen LogP contribution in [0.15, 0.2) is 108 Å². The topological polar surface area (TPSA) is 69.6 Å². The summed E-state index contributed by atoms with van der Waals surface area (Å²) >= 11 is 0. The van der Waals surface area contributed by atoms with Gasteiger partial charge in [0.15, 0.2) is 0 Å². The quantitative estimate of drug-likeness (QED) is 0.480. The van der Waals surface area contributed by atoms with E-state index in [4.69, 9.17) is 0 Å². The highest BCUT2D eigenvalue weighted by molar-refractivity contribution is 5.88. The molecule has 3 N–H and O–H groups in total.